The topological polar surface area (TPSA) is 130 Å². The van der Waals surface area contributed by atoms with Gasteiger partial charge in [-0.05, 0) is 31.2 Å². The molecule has 0 fully saturated rings. The molecule has 1 heterocycles. The third-order valence-electron chi connectivity index (χ3n) is 3.80. The molecule has 0 aliphatic rings. The highest BCUT2D eigenvalue weighted by molar-refractivity contribution is 7.92. The standard InChI is InChI=1S/C15H12Cl2N2O5S2/c1-7-15(26(22,23)24)14-11(19-7)3-2-4-12(14)25(20,21)13-6-8(16)10(18)5-9(13)17/h2-6,19H,18H2,1H3,(H,22,23,24). The van der Waals surface area contributed by atoms with Gasteiger partial charge in [-0.25, -0.2) is 8.42 Å². The van der Waals surface area contributed by atoms with Crippen molar-refractivity contribution in [3.63, 3.8) is 0 Å². The van der Waals surface area contributed by atoms with E-state index in [1.165, 1.54) is 31.2 Å². The van der Waals surface area contributed by atoms with Crippen molar-refractivity contribution in [2.75, 3.05) is 5.73 Å². The minimum Gasteiger partial charge on any atom is -0.397 e. The minimum atomic E-state index is -4.68. The number of hydrogen-bond donors (Lipinski definition) is 3. The monoisotopic (exact) mass is 434 g/mol. The Kier molecular flexibility index (Phi) is 4.48. The Morgan fingerprint density at radius 3 is 2.31 bits per heavy atom. The first-order valence-electron chi connectivity index (χ1n) is 7.03. The van der Waals surface area contributed by atoms with Crippen LogP contribution in [0.1, 0.15) is 5.69 Å². The van der Waals surface area contributed by atoms with Gasteiger partial charge in [0.1, 0.15) is 4.90 Å². The molecule has 0 amide bonds. The van der Waals surface area contributed by atoms with Crippen LogP contribution in [0.3, 0.4) is 0 Å². The predicted octanol–water partition coefficient (Wildman–Crippen LogP) is 3.44. The third-order valence-corrected chi connectivity index (χ3v) is 7.42. The lowest BCUT2D eigenvalue weighted by Crippen LogP contribution is -2.06. The lowest BCUT2D eigenvalue weighted by molar-refractivity contribution is 0.483. The quantitative estimate of drug-likeness (QED) is 0.427. The van der Waals surface area contributed by atoms with Crippen molar-refractivity contribution in [3.8, 4) is 0 Å². The van der Waals surface area contributed by atoms with E-state index in [0.717, 1.165) is 6.07 Å². The van der Waals surface area contributed by atoms with Gasteiger partial charge in [0.2, 0.25) is 9.84 Å². The summed E-state index contributed by atoms with van der Waals surface area (Å²) in [6, 6.07) is 6.45. The van der Waals surface area contributed by atoms with E-state index in [4.69, 9.17) is 28.9 Å². The average Bonchev–Trinajstić information content (AvgIpc) is 2.86. The Hall–Kier alpha value is -1.78. The Morgan fingerprint density at radius 2 is 1.69 bits per heavy atom. The smallest absolute Gasteiger partial charge is 0.296 e. The van der Waals surface area contributed by atoms with Gasteiger partial charge in [0.25, 0.3) is 10.1 Å². The highest BCUT2D eigenvalue weighted by Crippen LogP contribution is 2.38. The number of aromatic amines is 1. The van der Waals surface area contributed by atoms with E-state index in [-0.39, 0.29) is 42.1 Å². The summed E-state index contributed by atoms with van der Waals surface area (Å²) < 4.78 is 59.4. The molecule has 26 heavy (non-hydrogen) atoms. The second kappa shape index (κ2) is 6.14. The number of aromatic nitrogens is 1. The maximum absolute atomic E-state index is 13.1. The molecule has 0 radical (unpaired) electrons. The second-order valence-electron chi connectivity index (χ2n) is 5.54. The van der Waals surface area contributed by atoms with Gasteiger partial charge in [-0.2, -0.15) is 8.42 Å². The van der Waals surface area contributed by atoms with E-state index in [0.29, 0.717) is 0 Å². The van der Waals surface area contributed by atoms with Crippen LogP contribution in [0.4, 0.5) is 5.69 Å². The molecule has 0 saturated heterocycles. The van der Waals surface area contributed by atoms with Crippen LogP contribution in [0.15, 0.2) is 45.0 Å². The van der Waals surface area contributed by atoms with E-state index in [9.17, 15) is 21.4 Å². The number of benzene rings is 2. The van der Waals surface area contributed by atoms with Crippen molar-refractivity contribution in [3.05, 3.63) is 46.1 Å². The van der Waals surface area contributed by atoms with E-state index >= 15 is 0 Å². The number of anilines is 1. The first kappa shape index (κ1) is 19.0. The highest BCUT2D eigenvalue weighted by Gasteiger charge is 2.30. The van der Waals surface area contributed by atoms with Crippen LogP contribution in [0.5, 0.6) is 0 Å². The number of sulfone groups is 1. The van der Waals surface area contributed by atoms with Crippen molar-refractivity contribution >= 4 is 59.7 Å². The summed E-state index contributed by atoms with van der Waals surface area (Å²) in [4.78, 5) is 1.57. The zero-order chi connectivity index (χ0) is 19.4. The van der Waals surface area contributed by atoms with E-state index in [1.807, 2.05) is 0 Å². The lowest BCUT2D eigenvalue weighted by Gasteiger charge is -2.10. The van der Waals surface area contributed by atoms with E-state index in [1.54, 1.807) is 0 Å². The fourth-order valence-electron chi connectivity index (χ4n) is 2.73. The minimum absolute atomic E-state index is 0.0135. The Morgan fingerprint density at radius 1 is 1.04 bits per heavy atom. The van der Waals surface area contributed by atoms with Crippen LogP contribution in [-0.4, -0.2) is 26.4 Å². The largest absolute Gasteiger partial charge is 0.397 e. The molecule has 0 spiro atoms. The molecule has 1 aromatic heterocycles. The summed E-state index contributed by atoms with van der Waals surface area (Å²) in [5.74, 6) is 0. The number of fused-ring (bicyclic) bond motifs is 1. The molecule has 7 nitrogen and oxygen atoms in total. The summed E-state index contributed by atoms with van der Waals surface area (Å²) >= 11 is 11.9. The number of nitrogen functional groups attached to an aromatic ring is 1. The molecule has 0 bridgehead atoms. The van der Waals surface area contributed by atoms with Crippen LogP contribution in [0.25, 0.3) is 10.9 Å². The van der Waals surface area contributed by atoms with Gasteiger partial charge in [-0.1, -0.05) is 29.3 Å². The van der Waals surface area contributed by atoms with Gasteiger partial charge in [0, 0.05) is 16.6 Å². The fourth-order valence-corrected chi connectivity index (χ4v) is 5.98. The molecule has 11 heteroatoms. The van der Waals surface area contributed by atoms with Crippen molar-refractivity contribution in [1.82, 2.24) is 4.98 Å². The molecular weight excluding hydrogens is 423 g/mol. The molecule has 0 aliphatic carbocycles. The summed E-state index contributed by atoms with van der Waals surface area (Å²) in [6.45, 7) is 1.41. The van der Waals surface area contributed by atoms with Crippen LogP contribution >= 0.6 is 23.2 Å². The SMILES string of the molecule is Cc1[nH]c2cccc(S(=O)(=O)c3cc(Cl)c(N)cc3Cl)c2c1S(=O)(=O)O. The van der Waals surface area contributed by atoms with Crippen LogP contribution < -0.4 is 5.73 Å². The number of halogens is 2. The maximum Gasteiger partial charge on any atom is 0.296 e. The molecule has 2 aromatic carbocycles. The van der Waals surface area contributed by atoms with Crippen molar-refractivity contribution in [1.29, 1.82) is 0 Å². The molecule has 0 saturated carbocycles. The first-order chi connectivity index (χ1) is 11.9. The lowest BCUT2D eigenvalue weighted by atomic mass is 10.2. The molecule has 0 aliphatic heterocycles. The van der Waals surface area contributed by atoms with E-state index < -0.39 is 24.9 Å². The number of nitrogens with two attached hydrogens (primary N) is 1. The number of nitrogens with one attached hydrogen (secondary N) is 1. The molecular formula is C15H12Cl2N2O5S2. The van der Waals surface area contributed by atoms with Crippen LogP contribution in [0.2, 0.25) is 10.0 Å². The van der Waals surface area contributed by atoms with Crippen molar-refractivity contribution in [2.45, 2.75) is 21.6 Å². The number of H-pyrrole nitrogens is 1. The number of rotatable bonds is 3. The van der Waals surface area contributed by atoms with Crippen molar-refractivity contribution in [2.24, 2.45) is 0 Å². The summed E-state index contributed by atoms with van der Waals surface area (Å²) in [7, 11) is -8.95. The van der Waals surface area contributed by atoms with Gasteiger partial charge in [-0.3, -0.25) is 4.55 Å². The van der Waals surface area contributed by atoms with Gasteiger partial charge < -0.3 is 10.7 Å². The summed E-state index contributed by atoms with van der Waals surface area (Å²) in [5, 5.41) is -0.332. The maximum atomic E-state index is 13.1. The first-order valence-corrected chi connectivity index (χ1v) is 10.7. The van der Waals surface area contributed by atoms with Crippen molar-refractivity contribution < 1.29 is 21.4 Å². The Bertz CT molecular complexity index is 1260. The van der Waals surface area contributed by atoms with Crippen LogP contribution in [-0.2, 0) is 20.0 Å². The zero-order valence-corrected chi connectivity index (χ0v) is 16.3. The second-order valence-corrected chi connectivity index (χ2v) is 9.60. The molecule has 138 valence electrons. The molecule has 0 atom stereocenters. The summed E-state index contributed by atoms with van der Waals surface area (Å²) in [5.41, 5.74) is 6.05. The van der Waals surface area contributed by atoms with Gasteiger partial charge in [0.15, 0.2) is 0 Å². The number of hydrogen-bond acceptors (Lipinski definition) is 5. The number of aryl methyl sites for hydroxylation is 1. The predicted molar refractivity (Wildman–Crippen MR) is 99.2 cm³/mol. The highest BCUT2D eigenvalue weighted by atomic mass is 35.5. The average molecular weight is 435 g/mol. The Balaban J connectivity index is 2.45. The fraction of sp³-hybridized carbons (Fsp3) is 0.0667. The zero-order valence-electron chi connectivity index (χ0n) is 13.1. The van der Waals surface area contributed by atoms with Gasteiger partial charge in [0.05, 0.1) is 25.5 Å². The molecule has 3 aromatic rings. The van der Waals surface area contributed by atoms with E-state index in [2.05, 4.69) is 4.98 Å². The normalized spacial score (nSPS) is 12.6. The van der Waals surface area contributed by atoms with Crippen LogP contribution in [0, 0.1) is 6.92 Å². The Labute approximate surface area is 159 Å². The molecule has 0 unspecified atom stereocenters. The third kappa shape index (κ3) is 2.95. The molecule has 3 rings (SSSR count). The van der Waals surface area contributed by atoms with Gasteiger partial charge in [-0.15, -0.1) is 0 Å². The van der Waals surface area contributed by atoms with Gasteiger partial charge >= 0.3 is 0 Å². The summed E-state index contributed by atoms with van der Waals surface area (Å²) in [6.07, 6.45) is 0. The molecule has 4 N–H and O–H groups in total.